The monoisotopic (exact) mass is 432 g/mol. The molecule has 3 rings (SSSR count). The molecular weight excluding hydrogens is 400 g/mol. The zero-order valence-electron chi connectivity index (χ0n) is 18.1. The second-order valence-electron chi connectivity index (χ2n) is 8.05. The molecule has 0 bridgehead atoms. The molecule has 30 heavy (non-hydrogen) atoms. The molecule has 0 spiro atoms. The second-order valence-corrected chi connectivity index (χ2v) is 9.93. The summed E-state index contributed by atoms with van der Waals surface area (Å²) < 4.78 is 29.4. The van der Waals surface area contributed by atoms with E-state index < -0.39 is 10.0 Å². The first-order valence-corrected chi connectivity index (χ1v) is 12.1. The third-order valence-corrected chi connectivity index (χ3v) is 7.90. The van der Waals surface area contributed by atoms with Crippen LogP contribution in [0.5, 0.6) is 0 Å². The van der Waals surface area contributed by atoms with E-state index in [1.807, 2.05) is 18.2 Å². The van der Waals surface area contributed by atoms with Crippen LogP contribution in [0.15, 0.2) is 35.2 Å². The van der Waals surface area contributed by atoms with E-state index in [4.69, 9.17) is 0 Å². The smallest absolute Gasteiger partial charge is 0.246 e. The van der Waals surface area contributed by atoms with E-state index in [0.717, 1.165) is 19.3 Å². The van der Waals surface area contributed by atoms with Crippen molar-refractivity contribution in [1.82, 2.24) is 19.4 Å². The Kier molecular flexibility index (Phi) is 7.31. The summed E-state index contributed by atoms with van der Waals surface area (Å²) in [6, 6.07) is 10.1. The Morgan fingerprint density at radius 2 is 1.80 bits per heavy atom. The van der Waals surface area contributed by atoms with Crippen LogP contribution in [-0.4, -0.2) is 48.0 Å². The van der Waals surface area contributed by atoms with Crippen molar-refractivity contribution in [2.45, 2.75) is 63.8 Å². The molecule has 2 heterocycles. The summed E-state index contributed by atoms with van der Waals surface area (Å²) in [7, 11) is -3.54. The molecule has 1 fully saturated rings. The van der Waals surface area contributed by atoms with Crippen molar-refractivity contribution in [3.8, 4) is 0 Å². The third kappa shape index (κ3) is 5.10. The zero-order chi connectivity index (χ0) is 21.7. The summed E-state index contributed by atoms with van der Waals surface area (Å²) in [5.74, 6) is 0.163. The number of aryl methyl sites for hydroxylation is 2. The maximum atomic E-state index is 13.1. The van der Waals surface area contributed by atoms with Crippen molar-refractivity contribution in [1.29, 1.82) is 0 Å². The third-order valence-electron chi connectivity index (χ3n) is 5.75. The first-order chi connectivity index (χ1) is 14.3. The molecule has 164 valence electrons. The predicted molar refractivity (Wildman–Crippen MR) is 117 cm³/mol. The average molecular weight is 433 g/mol. The number of amides is 1. The maximum Gasteiger partial charge on any atom is 0.246 e. The van der Waals surface area contributed by atoms with E-state index in [0.29, 0.717) is 42.5 Å². The van der Waals surface area contributed by atoms with Crippen molar-refractivity contribution >= 4 is 15.9 Å². The Hall–Kier alpha value is -2.19. The molecule has 7 nitrogen and oxygen atoms in total. The van der Waals surface area contributed by atoms with Crippen LogP contribution in [-0.2, 0) is 21.4 Å². The Morgan fingerprint density at radius 3 is 2.47 bits per heavy atom. The highest BCUT2D eigenvalue weighted by atomic mass is 32.2. The molecule has 1 N–H and O–H groups in total. The van der Waals surface area contributed by atoms with E-state index in [-0.39, 0.29) is 18.2 Å². The molecule has 1 aromatic heterocycles. The lowest BCUT2D eigenvalue weighted by atomic mass is 10.0. The fraction of sp³-hybridized carbons (Fsp3) is 0.545. The molecule has 1 unspecified atom stereocenters. The quantitative estimate of drug-likeness (QED) is 0.695. The van der Waals surface area contributed by atoms with Gasteiger partial charge < -0.3 is 5.32 Å². The summed E-state index contributed by atoms with van der Waals surface area (Å²) in [4.78, 5) is 12.6. The lowest BCUT2D eigenvalue weighted by Crippen LogP contribution is -2.36. The number of piperidine rings is 1. The van der Waals surface area contributed by atoms with E-state index >= 15 is 0 Å². The van der Waals surface area contributed by atoms with Gasteiger partial charge in [-0.15, -0.1) is 0 Å². The molecule has 0 radical (unpaired) electrons. The lowest BCUT2D eigenvalue weighted by molar-refractivity contribution is -0.121. The molecule has 1 aromatic carbocycles. The minimum absolute atomic E-state index is 0.0641. The number of nitrogens with zero attached hydrogens (tertiary/aromatic N) is 3. The number of carbonyl (C=O) groups excluding carboxylic acids is 1. The molecule has 1 aliphatic rings. The van der Waals surface area contributed by atoms with E-state index in [1.165, 1.54) is 5.56 Å². The molecular formula is C22H32N4O3S. The van der Waals surface area contributed by atoms with Gasteiger partial charge in [0.1, 0.15) is 4.90 Å². The normalized spacial score (nSPS) is 16.4. The SMILES string of the molecule is Cc1nn(CCC(=O)NCC(C)c2ccccc2)c(C)c1S(=O)(=O)N1CCCCC1. The van der Waals surface area contributed by atoms with Gasteiger partial charge in [0, 0.05) is 26.1 Å². The van der Waals surface area contributed by atoms with Crippen LogP contribution in [0.2, 0.25) is 0 Å². The second kappa shape index (κ2) is 9.75. The topological polar surface area (TPSA) is 84.3 Å². The number of benzene rings is 1. The van der Waals surface area contributed by atoms with E-state index in [1.54, 1.807) is 22.8 Å². The fourth-order valence-corrected chi connectivity index (χ4v) is 5.86. The van der Waals surface area contributed by atoms with Crippen LogP contribution in [0.1, 0.15) is 55.5 Å². The van der Waals surface area contributed by atoms with Gasteiger partial charge in [-0.2, -0.15) is 9.40 Å². The van der Waals surface area contributed by atoms with Gasteiger partial charge in [0.05, 0.1) is 17.9 Å². The molecule has 1 saturated heterocycles. The minimum atomic E-state index is -3.54. The van der Waals surface area contributed by atoms with Crippen molar-refractivity contribution in [3.05, 3.63) is 47.3 Å². The Labute approximate surface area is 179 Å². The maximum absolute atomic E-state index is 13.1. The van der Waals surface area contributed by atoms with Crippen LogP contribution < -0.4 is 5.32 Å². The van der Waals surface area contributed by atoms with Gasteiger partial charge >= 0.3 is 0 Å². The van der Waals surface area contributed by atoms with Gasteiger partial charge in [-0.25, -0.2) is 8.42 Å². The number of carbonyl (C=O) groups is 1. The fourth-order valence-electron chi connectivity index (χ4n) is 3.97. The summed E-state index contributed by atoms with van der Waals surface area (Å²) in [5.41, 5.74) is 2.28. The van der Waals surface area contributed by atoms with Crippen molar-refractivity contribution in [2.75, 3.05) is 19.6 Å². The molecule has 1 atom stereocenters. The Bertz CT molecular complexity index is 964. The van der Waals surface area contributed by atoms with Crippen molar-refractivity contribution < 1.29 is 13.2 Å². The number of rotatable bonds is 8. The zero-order valence-corrected chi connectivity index (χ0v) is 18.9. The largest absolute Gasteiger partial charge is 0.355 e. The van der Waals surface area contributed by atoms with Crippen LogP contribution in [0.4, 0.5) is 0 Å². The van der Waals surface area contributed by atoms with E-state index in [9.17, 15) is 13.2 Å². The predicted octanol–water partition coefficient (Wildman–Crippen LogP) is 2.98. The van der Waals surface area contributed by atoms with Gasteiger partial charge in [0.2, 0.25) is 15.9 Å². The summed E-state index contributed by atoms with van der Waals surface area (Å²) >= 11 is 0. The van der Waals surface area contributed by atoms with Gasteiger partial charge in [-0.1, -0.05) is 43.7 Å². The number of hydrogen-bond donors (Lipinski definition) is 1. The minimum Gasteiger partial charge on any atom is -0.355 e. The molecule has 0 saturated carbocycles. The summed E-state index contributed by atoms with van der Waals surface area (Å²) in [6.07, 6.45) is 3.12. The van der Waals surface area contributed by atoms with Crippen molar-refractivity contribution in [3.63, 3.8) is 0 Å². The standard InChI is InChI=1S/C22H32N4O3S/c1-17(20-10-6-4-7-11-20)16-23-21(27)12-15-26-19(3)22(18(2)24-26)30(28,29)25-13-8-5-9-14-25/h4,6-7,10-11,17H,5,8-9,12-16H2,1-3H3,(H,23,27). The molecule has 1 aliphatic heterocycles. The lowest BCUT2D eigenvalue weighted by Gasteiger charge is -2.26. The van der Waals surface area contributed by atoms with Crippen LogP contribution in [0, 0.1) is 13.8 Å². The van der Waals surface area contributed by atoms with Gasteiger partial charge in [-0.3, -0.25) is 9.48 Å². The van der Waals surface area contributed by atoms with Crippen LogP contribution in [0.25, 0.3) is 0 Å². The molecule has 1 amide bonds. The first kappa shape index (κ1) is 22.5. The first-order valence-electron chi connectivity index (χ1n) is 10.7. The highest BCUT2D eigenvalue weighted by molar-refractivity contribution is 7.89. The van der Waals surface area contributed by atoms with Crippen LogP contribution >= 0.6 is 0 Å². The van der Waals surface area contributed by atoms with Gasteiger partial charge in [0.25, 0.3) is 0 Å². The van der Waals surface area contributed by atoms with Crippen LogP contribution in [0.3, 0.4) is 0 Å². The number of nitrogens with one attached hydrogen (secondary N) is 1. The number of sulfonamides is 1. The molecule has 0 aliphatic carbocycles. The Balaban J connectivity index is 1.59. The summed E-state index contributed by atoms with van der Waals surface area (Å²) in [5, 5.41) is 7.38. The van der Waals surface area contributed by atoms with Crippen molar-refractivity contribution in [2.24, 2.45) is 0 Å². The van der Waals surface area contributed by atoms with Gasteiger partial charge in [-0.05, 0) is 38.2 Å². The summed E-state index contributed by atoms with van der Waals surface area (Å²) in [6.45, 7) is 7.62. The van der Waals surface area contributed by atoms with E-state index in [2.05, 4.69) is 29.5 Å². The van der Waals surface area contributed by atoms with Gasteiger partial charge in [0.15, 0.2) is 0 Å². The average Bonchev–Trinajstić information content (AvgIpc) is 3.05. The molecule has 8 heteroatoms. The highest BCUT2D eigenvalue weighted by Gasteiger charge is 2.31. The molecule has 2 aromatic rings. The number of hydrogen-bond acceptors (Lipinski definition) is 4. The highest BCUT2D eigenvalue weighted by Crippen LogP contribution is 2.26. The number of aromatic nitrogens is 2. The Morgan fingerprint density at radius 1 is 1.13 bits per heavy atom.